The number of anilines is 1. The van der Waals surface area contributed by atoms with Gasteiger partial charge in [-0.3, -0.25) is 9.48 Å². The molecule has 13 heteroatoms. The largest absolute Gasteiger partial charge is 0.490 e. The average Bonchev–Trinajstić information content (AvgIpc) is 3.80. The zero-order chi connectivity index (χ0) is 34.4. The number of nitrogen functional groups attached to an aromatic ring is 1. The maximum absolute atomic E-state index is 14.1. The Morgan fingerprint density at radius 3 is 2.47 bits per heavy atom. The van der Waals surface area contributed by atoms with Crippen LogP contribution in [0.3, 0.4) is 0 Å². The summed E-state index contributed by atoms with van der Waals surface area (Å²) in [6.07, 6.45) is 8.49. The summed E-state index contributed by atoms with van der Waals surface area (Å²) in [6.45, 7) is 8.13. The number of ketones is 1. The van der Waals surface area contributed by atoms with Gasteiger partial charge in [0.15, 0.2) is 11.6 Å². The molecular formula is C36H36F2N8O3. The topological polar surface area (TPSA) is 129 Å². The zero-order valence-electron chi connectivity index (χ0n) is 27.6. The van der Waals surface area contributed by atoms with Crippen LogP contribution in [0.15, 0.2) is 67.3 Å². The number of pyridine rings is 1. The van der Waals surface area contributed by atoms with Crippen LogP contribution in [0.1, 0.15) is 48.3 Å². The highest BCUT2D eigenvalue weighted by Gasteiger charge is 2.25. The quantitative estimate of drug-likeness (QED) is 0.165. The minimum absolute atomic E-state index is 0.0135. The lowest BCUT2D eigenvalue weighted by molar-refractivity contribution is 0.0848. The molecule has 252 valence electrons. The summed E-state index contributed by atoms with van der Waals surface area (Å²) in [6, 6.07) is 11.2. The van der Waals surface area contributed by atoms with Crippen LogP contribution in [0.5, 0.6) is 17.4 Å². The first-order chi connectivity index (χ1) is 23.5. The van der Waals surface area contributed by atoms with Crippen molar-refractivity contribution in [3.05, 3.63) is 95.7 Å². The summed E-state index contributed by atoms with van der Waals surface area (Å²) in [7, 11) is 1.87. The van der Waals surface area contributed by atoms with E-state index in [1.54, 1.807) is 23.9 Å². The summed E-state index contributed by atoms with van der Waals surface area (Å²) >= 11 is 0. The summed E-state index contributed by atoms with van der Waals surface area (Å²) in [5.74, 6) is -1.76. The number of fused-ring (bicyclic) bond motifs is 1. The highest BCUT2D eigenvalue weighted by molar-refractivity contribution is 6.12. The van der Waals surface area contributed by atoms with E-state index in [1.165, 1.54) is 29.2 Å². The van der Waals surface area contributed by atoms with Crippen LogP contribution >= 0.6 is 0 Å². The van der Waals surface area contributed by atoms with Gasteiger partial charge in [-0.15, -0.1) is 0 Å². The molecule has 0 atom stereocenters. The van der Waals surface area contributed by atoms with Gasteiger partial charge in [0.2, 0.25) is 17.4 Å². The molecule has 7 rings (SSSR count). The van der Waals surface area contributed by atoms with Crippen molar-refractivity contribution >= 4 is 22.5 Å². The van der Waals surface area contributed by atoms with Gasteiger partial charge < -0.3 is 25.1 Å². The van der Waals surface area contributed by atoms with E-state index in [0.717, 1.165) is 65.8 Å². The molecule has 0 unspecified atom stereocenters. The molecule has 0 aliphatic carbocycles. The Kier molecular flexibility index (Phi) is 8.37. The molecule has 1 fully saturated rings. The van der Waals surface area contributed by atoms with Crippen molar-refractivity contribution in [3.63, 3.8) is 0 Å². The SMILES string of the molecule is Cc1cc(Oc2c(F)cccc2F)ncc1-n1ncc(C(=O)c2cc3cc(OC4CCN(C(C)C)CC4)c(-c4cnn(C)c4)cc3[nH]2)c1N. The molecule has 0 saturated carbocycles. The molecule has 1 aliphatic heterocycles. The van der Waals surface area contributed by atoms with Crippen molar-refractivity contribution in [1.29, 1.82) is 0 Å². The van der Waals surface area contributed by atoms with Crippen molar-refractivity contribution in [3.8, 4) is 34.2 Å². The highest BCUT2D eigenvalue weighted by atomic mass is 19.1. The van der Waals surface area contributed by atoms with Gasteiger partial charge in [-0.2, -0.15) is 10.2 Å². The Labute approximate surface area is 281 Å². The third-order valence-corrected chi connectivity index (χ3v) is 8.94. The smallest absolute Gasteiger partial charge is 0.219 e. The van der Waals surface area contributed by atoms with E-state index in [2.05, 4.69) is 38.9 Å². The number of aromatic nitrogens is 6. The first-order valence-electron chi connectivity index (χ1n) is 16.1. The van der Waals surface area contributed by atoms with Crippen LogP contribution in [0.2, 0.25) is 0 Å². The fourth-order valence-corrected chi connectivity index (χ4v) is 6.21. The maximum atomic E-state index is 14.1. The van der Waals surface area contributed by atoms with Crippen molar-refractivity contribution in [1.82, 2.24) is 34.4 Å². The predicted molar refractivity (Wildman–Crippen MR) is 181 cm³/mol. The number of carbonyl (C=O) groups excluding carboxylic acids is 1. The number of halogens is 2. The number of nitrogens with one attached hydrogen (secondary N) is 1. The van der Waals surface area contributed by atoms with Crippen LogP contribution in [0, 0.1) is 18.6 Å². The molecule has 11 nitrogen and oxygen atoms in total. The third-order valence-electron chi connectivity index (χ3n) is 8.94. The van der Waals surface area contributed by atoms with E-state index >= 15 is 0 Å². The number of nitrogens with zero attached hydrogens (tertiary/aromatic N) is 6. The minimum Gasteiger partial charge on any atom is -0.490 e. The monoisotopic (exact) mass is 666 g/mol. The van der Waals surface area contributed by atoms with Gasteiger partial charge >= 0.3 is 0 Å². The molecule has 49 heavy (non-hydrogen) atoms. The van der Waals surface area contributed by atoms with E-state index in [-0.39, 0.29) is 29.1 Å². The lowest BCUT2D eigenvalue weighted by Gasteiger charge is -2.34. The number of hydrogen-bond donors (Lipinski definition) is 2. The van der Waals surface area contributed by atoms with E-state index in [1.807, 2.05) is 25.4 Å². The van der Waals surface area contributed by atoms with E-state index < -0.39 is 17.4 Å². The number of hydrogen-bond acceptors (Lipinski definition) is 8. The molecule has 6 aromatic rings. The van der Waals surface area contributed by atoms with Gasteiger partial charge in [0.25, 0.3) is 0 Å². The first-order valence-corrected chi connectivity index (χ1v) is 16.1. The van der Waals surface area contributed by atoms with Gasteiger partial charge in [0, 0.05) is 60.5 Å². The Balaban J connectivity index is 1.16. The van der Waals surface area contributed by atoms with E-state index in [9.17, 15) is 13.6 Å². The number of likely N-dealkylation sites (tertiary alicyclic amines) is 1. The number of aromatic amines is 1. The summed E-state index contributed by atoms with van der Waals surface area (Å²) in [4.78, 5) is 23.7. The molecule has 1 aliphatic rings. The number of para-hydroxylation sites is 1. The molecular weight excluding hydrogens is 630 g/mol. The summed E-state index contributed by atoms with van der Waals surface area (Å²) < 4.78 is 43.3. The Bertz CT molecular complexity index is 2160. The minimum atomic E-state index is -0.848. The molecule has 0 spiro atoms. The molecule has 4 aromatic heterocycles. The second-order valence-electron chi connectivity index (χ2n) is 12.6. The van der Waals surface area contributed by atoms with Crippen LogP contribution in [-0.4, -0.2) is 65.4 Å². The second-order valence-corrected chi connectivity index (χ2v) is 12.6. The van der Waals surface area contributed by atoms with E-state index in [0.29, 0.717) is 23.0 Å². The number of piperidine rings is 1. The van der Waals surface area contributed by atoms with Gasteiger partial charge in [0.1, 0.15) is 17.7 Å². The van der Waals surface area contributed by atoms with Crippen LogP contribution in [0.25, 0.3) is 27.7 Å². The van der Waals surface area contributed by atoms with Gasteiger partial charge in [0.05, 0.1) is 35.5 Å². The lowest BCUT2D eigenvalue weighted by Crippen LogP contribution is -2.41. The van der Waals surface area contributed by atoms with Crippen molar-refractivity contribution < 1.29 is 23.0 Å². The normalized spacial score (nSPS) is 14.2. The predicted octanol–water partition coefficient (Wildman–Crippen LogP) is 6.59. The van der Waals surface area contributed by atoms with Crippen LogP contribution in [-0.2, 0) is 7.05 Å². The van der Waals surface area contributed by atoms with Crippen LogP contribution in [0.4, 0.5) is 14.6 Å². The van der Waals surface area contributed by atoms with Crippen LogP contribution < -0.4 is 15.2 Å². The fraction of sp³-hybridized carbons (Fsp3) is 0.278. The van der Waals surface area contributed by atoms with Gasteiger partial charge in [-0.05, 0) is 69.5 Å². The van der Waals surface area contributed by atoms with Crippen molar-refractivity contribution in [2.75, 3.05) is 18.8 Å². The standard InChI is InChI=1S/C36H36F2N8O3/c1-20(2)45-10-8-24(9-11-45)48-32-14-22-13-30(43-29(22)15-25(32)23-16-41-44(4)19-23)34(47)26-17-42-46(36(26)39)31-18-40-33(12-21(31)3)49-35-27(37)6-5-7-28(35)38/h5-7,12-20,24,43H,8-11,39H2,1-4H3. The molecule has 0 amide bonds. The Hall–Kier alpha value is -5.56. The van der Waals surface area contributed by atoms with Crippen molar-refractivity contribution in [2.45, 2.75) is 45.8 Å². The first kappa shape index (κ1) is 32.0. The zero-order valence-corrected chi connectivity index (χ0v) is 27.6. The van der Waals surface area contributed by atoms with Gasteiger partial charge in [-0.25, -0.2) is 18.4 Å². The Morgan fingerprint density at radius 1 is 1.04 bits per heavy atom. The summed E-state index contributed by atoms with van der Waals surface area (Å²) in [5.41, 5.74) is 10.6. The maximum Gasteiger partial charge on any atom is 0.219 e. The molecule has 3 N–H and O–H groups in total. The van der Waals surface area contributed by atoms with E-state index in [4.69, 9.17) is 15.2 Å². The number of nitrogens with two attached hydrogens (primary N) is 1. The highest BCUT2D eigenvalue weighted by Crippen LogP contribution is 2.37. The third kappa shape index (κ3) is 6.24. The summed E-state index contributed by atoms with van der Waals surface area (Å²) in [5, 5.41) is 9.54. The number of aryl methyl sites for hydroxylation is 2. The fourth-order valence-electron chi connectivity index (χ4n) is 6.21. The van der Waals surface area contributed by atoms with Gasteiger partial charge in [-0.1, -0.05) is 6.07 Å². The molecule has 5 heterocycles. The molecule has 0 radical (unpaired) electrons. The number of carbonyl (C=O) groups is 1. The second kappa shape index (κ2) is 12.8. The number of benzene rings is 2. The number of ether oxygens (including phenoxy) is 2. The van der Waals surface area contributed by atoms with Crippen molar-refractivity contribution in [2.24, 2.45) is 7.05 Å². The molecule has 0 bridgehead atoms. The number of rotatable bonds is 9. The average molecular weight is 667 g/mol. The Morgan fingerprint density at radius 2 is 1.80 bits per heavy atom. The lowest BCUT2D eigenvalue weighted by atomic mass is 10.0. The number of H-pyrrole nitrogens is 1. The molecule has 2 aromatic carbocycles. The molecule has 1 saturated heterocycles.